The first-order valence-corrected chi connectivity index (χ1v) is 18.9. The number of hydrogen-bond donors (Lipinski definition) is 0. The minimum absolute atomic E-state index is 0.00433. The first-order chi connectivity index (χ1) is 22.8. The number of unbranched alkanes of at least 4 members (excludes halogenated alkanes) is 1. The van der Waals surface area contributed by atoms with Crippen LogP contribution in [0.25, 0.3) is 11.0 Å². The molecular formula is C39H60N4O4. The number of hydrogen-bond acceptors (Lipinski definition) is 6. The molecule has 1 saturated heterocycles. The lowest BCUT2D eigenvalue weighted by molar-refractivity contribution is -0.148. The van der Waals surface area contributed by atoms with Gasteiger partial charge in [0, 0.05) is 49.8 Å². The molecule has 7 unspecified atom stereocenters. The topological polar surface area (TPSA) is 87.0 Å². The molecule has 4 fully saturated rings. The van der Waals surface area contributed by atoms with Gasteiger partial charge in [-0.25, -0.2) is 0 Å². The van der Waals surface area contributed by atoms with E-state index in [-0.39, 0.29) is 35.6 Å². The number of likely N-dealkylation sites (tertiary alicyclic amines) is 1. The molecule has 3 aliphatic carbocycles. The van der Waals surface area contributed by atoms with Crippen LogP contribution in [-0.2, 0) is 14.4 Å². The molecule has 260 valence electrons. The molecule has 3 amide bonds. The Morgan fingerprint density at radius 2 is 1.68 bits per heavy atom. The summed E-state index contributed by atoms with van der Waals surface area (Å²) in [6.45, 7) is 14.7. The van der Waals surface area contributed by atoms with Crippen LogP contribution < -0.4 is 0 Å². The summed E-state index contributed by atoms with van der Waals surface area (Å²) in [6, 6.07) is 8.27. The Morgan fingerprint density at radius 3 is 2.32 bits per heavy atom. The van der Waals surface area contributed by atoms with Gasteiger partial charge in [-0.05, 0) is 99.8 Å². The van der Waals surface area contributed by atoms with Crippen molar-refractivity contribution in [3.63, 3.8) is 0 Å². The molecule has 1 aromatic heterocycles. The molecule has 2 aromatic rings. The second kappa shape index (κ2) is 16.6. The van der Waals surface area contributed by atoms with Crippen molar-refractivity contribution in [3.8, 4) is 0 Å². The van der Waals surface area contributed by atoms with Gasteiger partial charge in [-0.15, -0.1) is 0 Å². The van der Waals surface area contributed by atoms with Crippen LogP contribution in [0.1, 0.15) is 117 Å². The van der Waals surface area contributed by atoms with E-state index in [1.165, 1.54) is 25.7 Å². The summed E-state index contributed by atoms with van der Waals surface area (Å²) in [5, 5.41) is 5.57. The Bertz CT molecular complexity index is 1320. The van der Waals surface area contributed by atoms with E-state index < -0.39 is 0 Å². The Kier molecular flexibility index (Phi) is 12.5. The SMILES string of the molecule is CCCC.CCCN(C(C)=O)C1CC2CC1C(C(=O)N(C=O)CC1CCCCC1CN1CCC(c3noc4ccccc34)CC1)C2C. The van der Waals surface area contributed by atoms with Crippen LogP contribution >= 0.6 is 0 Å². The fraction of sp³-hybridized carbons (Fsp3) is 0.744. The predicted octanol–water partition coefficient (Wildman–Crippen LogP) is 7.52. The van der Waals surface area contributed by atoms with Gasteiger partial charge in [0.15, 0.2) is 5.58 Å². The second-order valence-electron chi connectivity index (χ2n) is 15.1. The lowest BCUT2D eigenvalue weighted by atomic mass is 9.75. The third-order valence-corrected chi connectivity index (χ3v) is 12.2. The van der Waals surface area contributed by atoms with Crippen molar-refractivity contribution < 1.29 is 18.9 Å². The number of piperidine rings is 1. The minimum atomic E-state index is -0.165. The number of carbonyl (C=O) groups excluding carboxylic acids is 3. The largest absolute Gasteiger partial charge is 0.356 e. The van der Waals surface area contributed by atoms with Crippen molar-refractivity contribution in [2.45, 2.75) is 117 Å². The molecule has 8 heteroatoms. The number of amides is 3. The smallest absolute Gasteiger partial charge is 0.232 e. The highest BCUT2D eigenvalue weighted by Gasteiger charge is 2.56. The normalized spacial score (nSPS) is 29.3. The quantitative estimate of drug-likeness (QED) is 0.234. The van der Waals surface area contributed by atoms with Gasteiger partial charge in [-0.1, -0.05) is 70.7 Å². The van der Waals surface area contributed by atoms with Crippen molar-refractivity contribution in [2.24, 2.45) is 35.5 Å². The maximum absolute atomic E-state index is 14.1. The molecule has 2 bridgehead atoms. The van der Waals surface area contributed by atoms with E-state index >= 15 is 0 Å². The van der Waals surface area contributed by atoms with Crippen LogP contribution in [0.15, 0.2) is 28.8 Å². The van der Waals surface area contributed by atoms with Crippen LogP contribution in [0.4, 0.5) is 0 Å². The third-order valence-electron chi connectivity index (χ3n) is 12.2. The van der Waals surface area contributed by atoms with Gasteiger partial charge in [-0.3, -0.25) is 19.3 Å². The first kappa shape index (κ1) is 35.6. The minimum Gasteiger partial charge on any atom is -0.356 e. The van der Waals surface area contributed by atoms with E-state index in [1.807, 2.05) is 17.0 Å². The zero-order valence-corrected chi connectivity index (χ0v) is 29.7. The number of carbonyl (C=O) groups is 3. The number of nitrogens with zero attached hydrogens (tertiary/aromatic N) is 4. The Balaban J connectivity index is 0.00000103. The van der Waals surface area contributed by atoms with E-state index in [2.05, 4.69) is 49.9 Å². The van der Waals surface area contributed by atoms with E-state index in [0.29, 0.717) is 30.2 Å². The lowest BCUT2D eigenvalue weighted by Crippen LogP contribution is -2.51. The molecule has 47 heavy (non-hydrogen) atoms. The highest BCUT2D eigenvalue weighted by molar-refractivity contribution is 5.89. The third kappa shape index (κ3) is 7.95. The Hall–Kier alpha value is -2.74. The number of benzene rings is 1. The highest BCUT2D eigenvalue weighted by atomic mass is 16.5. The lowest BCUT2D eigenvalue weighted by Gasteiger charge is -2.42. The first-order valence-electron chi connectivity index (χ1n) is 18.9. The van der Waals surface area contributed by atoms with Crippen LogP contribution in [-0.4, -0.2) is 76.8 Å². The van der Waals surface area contributed by atoms with E-state index in [0.717, 1.165) is 94.2 Å². The number of rotatable bonds is 11. The molecular weight excluding hydrogens is 588 g/mol. The zero-order chi connectivity index (χ0) is 33.5. The predicted molar refractivity (Wildman–Crippen MR) is 187 cm³/mol. The summed E-state index contributed by atoms with van der Waals surface area (Å²) < 4.78 is 5.59. The summed E-state index contributed by atoms with van der Waals surface area (Å²) in [5.74, 6) is 2.09. The molecule has 3 saturated carbocycles. The van der Waals surface area contributed by atoms with Gasteiger partial charge < -0.3 is 14.3 Å². The summed E-state index contributed by atoms with van der Waals surface area (Å²) in [6.07, 6.45) is 13.1. The summed E-state index contributed by atoms with van der Waals surface area (Å²) >= 11 is 0. The van der Waals surface area contributed by atoms with Crippen LogP contribution in [0, 0.1) is 35.5 Å². The van der Waals surface area contributed by atoms with E-state index in [1.54, 1.807) is 11.8 Å². The molecule has 6 rings (SSSR count). The summed E-state index contributed by atoms with van der Waals surface area (Å²) in [4.78, 5) is 45.2. The van der Waals surface area contributed by atoms with Crippen molar-refractivity contribution in [1.82, 2.24) is 19.9 Å². The van der Waals surface area contributed by atoms with Gasteiger partial charge in [-0.2, -0.15) is 0 Å². The van der Waals surface area contributed by atoms with Gasteiger partial charge in [0.1, 0.15) is 0 Å². The van der Waals surface area contributed by atoms with Crippen molar-refractivity contribution in [1.29, 1.82) is 0 Å². The molecule has 0 spiro atoms. The van der Waals surface area contributed by atoms with Gasteiger partial charge in [0.2, 0.25) is 18.2 Å². The highest BCUT2D eigenvalue weighted by Crippen LogP contribution is 2.54. The molecule has 4 aliphatic rings. The number of para-hydroxylation sites is 1. The molecule has 7 atom stereocenters. The van der Waals surface area contributed by atoms with Gasteiger partial charge in [0.05, 0.1) is 5.69 Å². The molecule has 0 radical (unpaired) electrons. The monoisotopic (exact) mass is 648 g/mol. The van der Waals surface area contributed by atoms with Gasteiger partial charge in [0.25, 0.3) is 0 Å². The zero-order valence-electron chi connectivity index (χ0n) is 29.7. The molecule has 8 nitrogen and oxygen atoms in total. The molecule has 0 N–H and O–H groups in total. The summed E-state index contributed by atoms with van der Waals surface area (Å²) in [7, 11) is 0. The van der Waals surface area contributed by atoms with Gasteiger partial charge >= 0.3 is 0 Å². The number of aromatic nitrogens is 1. The molecule has 1 aromatic carbocycles. The number of fused-ring (bicyclic) bond motifs is 3. The standard InChI is InChI=1S/C35H50N4O4.C4H10/c1-4-15-39(24(3)41)31-19-28-18-30(31)33(23(28)2)35(42)38(22-40)21-27-10-6-5-9-26(27)20-37-16-13-25(14-17-37)34-29-11-7-8-12-32(29)43-36-34;1-3-4-2/h7-8,11-12,22-23,25-28,30-31,33H,4-6,9-10,13-21H2,1-3H3;3-4H2,1-2H3. The maximum atomic E-state index is 14.1. The van der Waals surface area contributed by atoms with E-state index in [9.17, 15) is 14.4 Å². The fourth-order valence-corrected chi connectivity index (χ4v) is 9.47. The summed E-state index contributed by atoms with van der Waals surface area (Å²) in [5.41, 5.74) is 1.97. The van der Waals surface area contributed by atoms with E-state index in [4.69, 9.17) is 4.52 Å². The molecule has 2 heterocycles. The Labute approximate surface area is 283 Å². The maximum Gasteiger partial charge on any atom is 0.232 e. The van der Waals surface area contributed by atoms with Crippen molar-refractivity contribution >= 4 is 29.2 Å². The molecule has 1 aliphatic heterocycles. The second-order valence-corrected chi connectivity index (χ2v) is 15.1. The van der Waals surface area contributed by atoms with Crippen LogP contribution in [0.5, 0.6) is 0 Å². The van der Waals surface area contributed by atoms with Crippen LogP contribution in [0.2, 0.25) is 0 Å². The van der Waals surface area contributed by atoms with Crippen molar-refractivity contribution in [3.05, 3.63) is 30.0 Å². The van der Waals surface area contributed by atoms with Crippen molar-refractivity contribution in [2.75, 3.05) is 32.7 Å². The Morgan fingerprint density at radius 1 is 0.979 bits per heavy atom. The number of imide groups is 1. The average Bonchev–Trinajstić information content (AvgIpc) is 3.80. The fourth-order valence-electron chi connectivity index (χ4n) is 9.47. The van der Waals surface area contributed by atoms with Crippen LogP contribution in [0.3, 0.4) is 0 Å². The average molecular weight is 649 g/mol.